The van der Waals surface area contributed by atoms with E-state index in [0.717, 1.165) is 11.6 Å². The van der Waals surface area contributed by atoms with Gasteiger partial charge >= 0.3 is 6.18 Å². The van der Waals surface area contributed by atoms with Crippen LogP contribution < -0.4 is 5.32 Å². The van der Waals surface area contributed by atoms with E-state index in [0.29, 0.717) is 11.4 Å². The topological polar surface area (TPSA) is 50.7 Å². The number of anilines is 1. The number of halogens is 3. The zero-order chi connectivity index (χ0) is 18.4. The Labute approximate surface area is 143 Å². The van der Waals surface area contributed by atoms with Crippen LogP contribution in [-0.2, 0) is 22.4 Å². The summed E-state index contributed by atoms with van der Waals surface area (Å²) < 4.78 is 38.7. The number of alkyl halides is 3. The van der Waals surface area contributed by atoms with Crippen molar-refractivity contribution in [1.29, 1.82) is 0 Å². The van der Waals surface area contributed by atoms with E-state index < -0.39 is 11.7 Å². The van der Waals surface area contributed by atoms with Gasteiger partial charge < -0.3 is 10.2 Å². The molecule has 2 aromatic carbocycles. The summed E-state index contributed by atoms with van der Waals surface area (Å²) >= 11 is 0. The highest BCUT2D eigenvalue weighted by molar-refractivity contribution is 5.99. The van der Waals surface area contributed by atoms with Gasteiger partial charge in [-0.25, -0.2) is 0 Å². The fraction of sp³-hybridized carbons (Fsp3) is 0.222. The molecule has 7 heteroatoms. The van der Waals surface area contributed by atoms with Gasteiger partial charge in [0, 0.05) is 18.2 Å². The minimum atomic E-state index is -4.43. The maximum Gasteiger partial charge on any atom is 0.416 e. The number of hydrogen-bond acceptors (Lipinski definition) is 3. The zero-order valence-electron chi connectivity index (χ0n) is 13.7. The Morgan fingerprint density at radius 1 is 1.08 bits per heavy atom. The van der Waals surface area contributed by atoms with Crippen molar-refractivity contribution in [2.45, 2.75) is 26.6 Å². The van der Waals surface area contributed by atoms with Crippen molar-refractivity contribution >= 4 is 17.3 Å². The Balaban J connectivity index is 2.04. The molecule has 0 aromatic heterocycles. The number of nitrogens with one attached hydrogen (secondary N) is 1. The third-order valence-corrected chi connectivity index (χ3v) is 3.37. The number of rotatable bonds is 5. The highest BCUT2D eigenvalue weighted by Gasteiger charge is 2.32. The first kappa shape index (κ1) is 18.5. The van der Waals surface area contributed by atoms with Crippen molar-refractivity contribution in [3.8, 4) is 0 Å². The molecule has 1 N–H and O–H groups in total. The molecule has 0 saturated carbocycles. The molecule has 0 aliphatic heterocycles. The molecule has 1 amide bonds. The minimum absolute atomic E-state index is 0.0209. The maximum absolute atomic E-state index is 12.9. The van der Waals surface area contributed by atoms with E-state index in [2.05, 4.69) is 10.5 Å². The Morgan fingerprint density at radius 2 is 1.72 bits per heavy atom. The van der Waals surface area contributed by atoms with Crippen molar-refractivity contribution in [2.75, 3.05) is 5.32 Å². The molecular formula is C18H17F3N2O2. The second-order valence-corrected chi connectivity index (χ2v) is 5.36. The molecule has 0 fully saturated rings. The van der Waals surface area contributed by atoms with Crippen molar-refractivity contribution < 1.29 is 22.8 Å². The Hall–Kier alpha value is -2.83. The first-order valence-electron chi connectivity index (χ1n) is 7.47. The molecular weight excluding hydrogens is 333 g/mol. The normalized spacial score (nSPS) is 12.0. The maximum atomic E-state index is 12.9. The monoisotopic (exact) mass is 350 g/mol. The number of benzene rings is 2. The second-order valence-electron chi connectivity index (χ2n) is 5.36. The van der Waals surface area contributed by atoms with Gasteiger partial charge in [-0.15, -0.1) is 0 Å². The number of carbonyl (C=O) groups excluding carboxylic acids is 1. The quantitative estimate of drug-likeness (QED) is 0.633. The first-order chi connectivity index (χ1) is 11.8. The number of carbonyl (C=O) groups is 1. The smallest absolute Gasteiger partial charge is 0.391 e. The number of nitrogens with zero attached hydrogens (tertiary/aromatic N) is 1. The third-order valence-electron chi connectivity index (χ3n) is 3.37. The first-order valence-corrected chi connectivity index (χ1v) is 7.47. The van der Waals surface area contributed by atoms with Gasteiger partial charge in [-0.3, -0.25) is 4.79 Å². The van der Waals surface area contributed by atoms with Crippen LogP contribution in [0.3, 0.4) is 0 Å². The van der Waals surface area contributed by atoms with E-state index in [1.54, 1.807) is 31.2 Å². The molecule has 2 aromatic rings. The molecule has 0 saturated heterocycles. The summed E-state index contributed by atoms with van der Waals surface area (Å²) in [4.78, 5) is 16.1. The van der Waals surface area contributed by atoms with Gasteiger partial charge in [-0.2, -0.15) is 13.2 Å². The van der Waals surface area contributed by atoms with Crippen LogP contribution in [0.15, 0.2) is 53.7 Å². The summed E-state index contributed by atoms with van der Waals surface area (Å²) in [6.45, 7) is 2.81. The lowest BCUT2D eigenvalue weighted by atomic mass is 10.1. The van der Waals surface area contributed by atoms with Gasteiger partial charge in [0.2, 0.25) is 5.91 Å². The van der Waals surface area contributed by atoms with E-state index in [1.165, 1.54) is 25.1 Å². The molecule has 0 aliphatic rings. The fourth-order valence-corrected chi connectivity index (χ4v) is 2.17. The van der Waals surface area contributed by atoms with Crippen LogP contribution in [0.4, 0.5) is 18.9 Å². The highest BCUT2D eigenvalue weighted by Crippen LogP contribution is 2.32. The van der Waals surface area contributed by atoms with Gasteiger partial charge in [0.1, 0.15) is 6.61 Å². The SMILES string of the molecule is CC(=O)Nc1ccc(/C(C)=N/OCc2ccccc2C(F)(F)F)cc1. The fourth-order valence-electron chi connectivity index (χ4n) is 2.17. The highest BCUT2D eigenvalue weighted by atomic mass is 19.4. The Kier molecular flexibility index (Phi) is 5.80. The molecule has 132 valence electrons. The molecule has 25 heavy (non-hydrogen) atoms. The van der Waals surface area contributed by atoms with Crippen LogP contribution in [0.5, 0.6) is 0 Å². The van der Waals surface area contributed by atoms with Gasteiger partial charge in [0.15, 0.2) is 0 Å². The molecule has 2 rings (SSSR count). The van der Waals surface area contributed by atoms with Crippen molar-refractivity contribution in [2.24, 2.45) is 5.16 Å². The van der Waals surface area contributed by atoms with Crippen LogP contribution >= 0.6 is 0 Å². The van der Waals surface area contributed by atoms with Crippen LogP contribution in [0.1, 0.15) is 30.5 Å². The van der Waals surface area contributed by atoms with Crippen LogP contribution in [-0.4, -0.2) is 11.6 Å². The summed E-state index contributed by atoms with van der Waals surface area (Å²) in [5.41, 5.74) is 1.18. The van der Waals surface area contributed by atoms with Crippen molar-refractivity contribution in [1.82, 2.24) is 0 Å². The van der Waals surface area contributed by atoms with Crippen molar-refractivity contribution in [3.63, 3.8) is 0 Å². The molecule has 0 atom stereocenters. The largest absolute Gasteiger partial charge is 0.416 e. The predicted molar refractivity (Wildman–Crippen MR) is 89.2 cm³/mol. The third kappa shape index (κ3) is 5.34. The molecule has 0 spiro atoms. The zero-order valence-corrected chi connectivity index (χ0v) is 13.7. The summed E-state index contributed by atoms with van der Waals surface area (Å²) in [6, 6.07) is 12.1. The Bertz CT molecular complexity index is 769. The standard InChI is InChI=1S/C18H17F3N2O2/c1-12(14-7-9-16(10-8-14)22-13(2)24)23-25-11-15-5-3-4-6-17(15)18(19,20)21/h3-10H,11H2,1-2H3,(H,22,24)/b23-12+. The summed E-state index contributed by atoms with van der Waals surface area (Å²) in [5, 5.41) is 6.50. The van der Waals surface area contributed by atoms with E-state index in [1.807, 2.05) is 0 Å². The summed E-state index contributed by atoms with van der Waals surface area (Å²) in [5.74, 6) is -0.176. The predicted octanol–water partition coefficient (Wildman–Crippen LogP) is 4.60. The molecule has 0 bridgehead atoms. The summed E-state index contributed by atoms with van der Waals surface area (Å²) in [6.07, 6.45) is -4.43. The minimum Gasteiger partial charge on any atom is -0.391 e. The van der Waals surface area contributed by atoms with Crippen LogP contribution in [0.25, 0.3) is 0 Å². The van der Waals surface area contributed by atoms with Crippen LogP contribution in [0, 0.1) is 0 Å². The lowest BCUT2D eigenvalue weighted by Gasteiger charge is -2.11. The lowest BCUT2D eigenvalue weighted by Crippen LogP contribution is -2.09. The van der Waals surface area contributed by atoms with Gasteiger partial charge in [0.25, 0.3) is 0 Å². The Morgan fingerprint density at radius 3 is 2.32 bits per heavy atom. The number of oxime groups is 1. The second kappa shape index (κ2) is 7.83. The van der Waals surface area contributed by atoms with E-state index >= 15 is 0 Å². The van der Waals surface area contributed by atoms with Crippen LogP contribution in [0.2, 0.25) is 0 Å². The van der Waals surface area contributed by atoms with Crippen molar-refractivity contribution in [3.05, 3.63) is 65.2 Å². The van der Waals surface area contributed by atoms with Gasteiger partial charge in [0.05, 0.1) is 11.3 Å². The van der Waals surface area contributed by atoms with E-state index in [-0.39, 0.29) is 18.1 Å². The van der Waals surface area contributed by atoms with E-state index in [9.17, 15) is 18.0 Å². The molecule has 0 heterocycles. The average Bonchev–Trinajstić information content (AvgIpc) is 2.54. The van der Waals surface area contributed by atoms with Gasteiger partial charge in [-0.05, 0) is 30.7 Å². The molecule has 0 unspecified atom stereocenters. The average molecular weight is 350 g/mol. The van der Waals surface area contributed by atoms with Gasteiger partial charge in [-0.1, -0.05) is 35.5 Å². The molecule has 0 aliphatic carbocycles. The number of amides is 1. The summed E-state index contributed by atoms with van der Waals surface area (Å²) in [7, 11) is 0. The number of hydrogen-bond donors (Lipinski definition) is 1. The molecule has 0 radical (unpaired) electrons. The molecule has 4 nitrogen and oxygen atoms in total. The lowest BCUT2D eigenvalue weighted by molar-refractivity contribution is -0.138. The van der Waals surface area contributed by atoms with E-state index in [4.69, 9.17) is 4.84 Å².